The van der Waals surface area contributed by atoms with Gasteiger partial charge >= 0.3 is 12.5 Å². The first-order chi connectivity index (χ1) is 7.47. The molecule has 11 heteroatoms. The van der Waals surface area contributed by atoms with Crippen LogP contribution in [0, 0.1) is 4.91 Å². The Morgan fingerprint density at radius 3 is 2.06 bits per heavy atom. The summed E-state index contributed by atoms with van der Waals surface area (Å²) in [6, 6.07) is 0. The van der Waals surface area contributed by atoms with Gasteiger partial charge in [0.05, 0.1) is 4.91 Å². The van der Waals surface area contributed by atoms with Crippen LogP contribution in [0.3, 0.4) is 0 Å². The second-order valence-corrected chi connectivity index (χ2v) is 2.57. The maximum atomic E-state index is 10.0. The van der Waals surface area contributed by atoms with Crippen molar-refractivity contribution < 1.29 is 9.66 Å². The van der Waals surface area contributed by atoms with Gasteiger partial charge in [0.2, 0.25) is 0 Å². The molecule has 0 radical (unpaired) electrons. The molecule has 0 bridgehead atoms. The SMILES string of the molecule is O=C1C[N+](=O)NN1.[NH-]c1nc(N)nc(N)n1. The highest BCUT2D eigenvalue weighted by Crippen LogP contribution is 2.03. The van der Waals surface area contributed by atoms with Crippen LogP contribution in [0.25, 0.3) is 5.73 Å². The van der Waals surface area contributed by atoms with E-state index in [-0.39, 0.29) is 30.3 Å². The van der Waals surface area contributed by atoms with Gasteiger partial charge in [-0.2, -0.15) is 0 Å². The molecule has 1 amide bonds. The van der Waals surface area contributed by atoms with Crippen LogP contribution in [0.2, 0.25) is 0 Å². The van der Waals surface area contributed by atoms with Crippen LogP contribution in [0.5, 0.6) is 0 Å². The van der Waals surface area contributed by atoms with E-state index in [9.17, 15) is 9.70 Å². The minimum atomic E-state index is -0.296. The van der Waals surface area contributed by atoms with Crippen molar-refractivity contribution in [2.24, 2.45) is 0 Å². The Morgan fingerprint density at radius 2 is 1.81 bits per heavy atom. The van der Waals surface area contributed by atoms with Crippen molar-refractivity contribution in [3.8, 4) is 0 Å². The van der Waals surface area contributed by atoms with Crippen molar-refractivity contribution in [3.05, 3.63) is 10.6 Å². The molecule has 0 unspecified atom stereocenters. The van der Waals surface area contributed by atoms with E-state index < -0.39 is 0 Å². The number of amides is 1. The van der Waals surface area contributed by atoms with Crippen molar-refractivity contribution in [1.29, 1.82) is 0 Å². The summed E-state index contributed by atoms with van der Waals surface area (Å²) in [5.41, 5.74) is 21.2. The molecule has 1 aliphatic rings. The molecule has 0 atom stereocenters. The number of hydrogen-bond acceptors (Lipinski definition) is 7. The van der Waals surface area contributed by atoms with Gasteiger partial charge in [0.25, 0.3) is 0 Å². The maximum Gasteiger partial charge on any atom is 0.316 e. The summed E-state index contributed by atoms with van der Waals surface area (Å²) in [4.78, 5) is 30.6. The van der Waals surface area contributed by atoms with Crippen LogP contribution in [0.15, 0.2) is 0 Å². The smallest absolute Gasteiger partial charge is 0.316 e. The Bertz CT molecular complexity index is 354. The van der Waals surface area contributed by atoms with Gasteiger partial charge in [0.15, 0.2) is 11.9 Å². The maximum absolute atomic E-state index is 10.0. The van der Waals surface area contributed by atoms with Crippen LogP contribution in [0.4, 0.5) is 17.8 Å². The first-order valence-electron chi connectivity index (χ1n) is 3.95. The molecular weight excluding hydrogens is 218 g/mol. The third-order valence-corrected chi connectivity index (χ3v) is 1.28. The summed E-state index contributed by atoms with van der Waals surface area (Å²) in [5.74, 6) is -0.546. The Hall–Kier alpha value is -2.72. The molecule has 7 N–H and O–H groups in total. The van der Waals surface area contributed by atoms with Crippen molar-refractivity contribution in [2.45, 2.75) is 0 Å². The van der Waals surface area contributed by atoms with Gasteiger partial charge < -0.3 is 27.2 Å². The minimum absolute atomic E-state index is 0.0208. The van der Waals surface area contributed by atoms with E-state index in [0.717, 1.165) is 0 Å². The van der Waals surface area contributed by atoms with Gasteiger partial charge in [-0.05, 0) is 0 Å². The zero-order valence-electron chi connectivity index (χ0n) is 7.97. The van der Waals surface area contributed by atoms with Crippen molar-refractivity contribution in [2.75, 3.05) is 18.0 Å². The lowest BCUT2D eigenvalue weighted by molar-refractivity contribution is -0.587. The lowest BCUT2D eigenvalue weighted by Crippen LogP contribution is -2.28. The van der Waals surface area contributed by atoms with Crippen molar-refractivity contribution in [1.82, 2.24) is 25.9 Å². The molecule has 1 aromatic heterocycles. The Balaban J connectivity index is 0.000000165. The molecule has 1 saturated heterocycles. The molecule has 1 aromatic rings. The van der Waals surface area contributed by atoms with E-state index in [1.165, 1.54) is 0 Å². The van der Waals surface area contributed by atoms with Crippen molar-refractivity contribution >= 4 is 23.8 Å². The fourth-order valence-electron chi connectivity index (χ4n) is 0.744. The summed E-state index contributed by atoms with van der Waals surface area (Å²) in [6.45, 7) is -0.111. The van der Waals surface area contributed by atoms with Crippen LogP contribution in [-0.2, 0) is 4.79 Å². The zero-order chi connectivity index (χ0) is 12.1. The highest BCUT2D eigenvalue weighted by molar-refractivity contribution is 5.77. The number of nitroso groups, excluding NO2 is 1. The summed E-state index contributed by atoms with van der Waals surface area (Å²) in [6.07, 6.45) is 0. The average Bonchev–Trinajstić information content (AvgIpc) is 2.48. The number of nitrogen functional groups attached to an aromatic ring is 2. The van der Waals surface area contributed by atoms with E-state index in [1.807, 2.05) is 5.53 Å². The van der Waals surface area contributed by atoms with E-state index >= 15 is 0 Å². The summed E-state index contributed by atoms with van der Waals surface area (Å²) in [5, 5.41) is 0. The van der Waals surface area contributed by atoms with E-state index in [4.69, 9.17) is 17.2 Å². The molecule has 0 aliphatic carbocycles. The second kappa shape index (κ2) is 4.68. The van der Waals surface area contributed by atoms with Crippen LogP contribution >= 0.6 is 0 Å². The quantitative estimate of drug-likeness (QED) is 0.369. The van der Waals surface area contributed by atoms with Gasteiger partial charge in [0.1, 0.15) is 4.87 Å². The van der Waals surface area contributed by atoms with Crippen LogP contribution < -0.4 is 22.4 Å². The zero-order valence-corrected chi connectivity index (χ0v) is 7.97. The number of aromatic nitrogens is 3. The number of nitrogens with zero attached hydrogens (tertiary/aromatic N) is 4. The number of carbonyl (C=O) groups is 1. The minimum Gasteiger partial charge on any atom is -0.410 e. The Kier molecular flexibility index (Phi) is 3.32. The molecule has 11 nitrogen and oxygen atoms in total. The van der Waals surface area contributed by atoms with E-state index in [1.54, 1.807) is 0 Å². The second-order valence-electron chi connectivity index (χ2n) is 2.57. The number of anilines is 2. The molecule has 2 heterocycles. The predicted molar refractivity (Wildman–Crippen MR) is 52.4 cm³/mol. The van der Waals surface area contributed by atoms with Crippen LogP contribution in [0.1, 0.15) is 0 Å². The summed E-state index contributed by atoms with van der Waals surface area (Å²) in [7, 11) is 0. The summed E-state index contributed by atoms with van der Waals surface area (Å²) < 4.78 is 0. The molecule has 0 aromatic carbocycles. The molecule has 1 fully saturated rings. The number of nitrogens with two attached hydrogens (primary N) is 2. The first kappa shape index (κ1) is 11.4. The number of nitrogens with one attached hydrogen (secondary N) is 3. The molecule has 0 spiro atoms. The number of rotatable bonds is 0. The first-order valence-corrected chi connectivity index (χ1v) is 3.95. The van der Waals surface area contributed by atoms with Gasteiger partial charge in [-0.3, -0.25) is 4.79 Å². The Morgan fingerprint density at radius 1 is 1.25 bits per heavy atom. The lowest BCUT2D eigenvalue weighted by atomic mass is 10.7. The standard InChI is InChI=1S/C3H5N6.C2H3N3O2/c4-1-7-2(5)9-3(6)8-1;6-2-1-5(7)4-3-2/h(H5-,4,5,6,7,8,9);1H2,(H-,3,4,6,7)/q-1;/p+1. The largest absolute Gasteiger partial charge is 0.410 e. The number of hydrogen-bond donors (Lipinski definition) is 4. The van der Waals surface area contributed by atoms with Crippen LogP contribution in [-0.4, -0.2) is 32.3 Å². The monoisotopic (exact) mass is 227 g/mol. The molecular formula is C5H9N9O2. The third-order valence-electron chi connectivity index (χ3n) is 1.28. The third kappa shape index (κ3) is 3.57. The highest BCUT2D eigenvalue weighted by atomic mass is 16.3. The van der Waals surface area contributed by atoms with Gasteiger partial charge in [0, 0.05) is 5.95 Å². The fraction of sp³-hybridized carbons (Fsp3) is 0.200. The van der Waals surface area contributed by atoms with Crippen molar-refractivity contribution in [3.63, 3.8) is 0 Å². The molecule has 0 saturated carbocycles. The molecule has 16 heavy (non-hydrogen) atoms. The normalized spacial score (nSPS) is 13.5. The lowest BCUT2D eigenvalue weighted by Gasteiger charge is -2.03. The van der Waals surface area contributed by atoms with Gasteiger partial charge in [-0.1, -0.05) is 5.53 Å². The van der Waals surface area contributed by atoms with E-state index in [2.05, 4.69) is 20.4 Å². The number of carbonyl (C=O) groups excluding carboxylic acids is 1. The highest BCUT2D eigenvalue weighted by Gasteiger charge is 2.23. The number of hydrazine groups is 2. The average molecular weight is 227 g/mol. The van der Waals surface area contributed by atoms with E-state index in [0.29, 0.717) is 4.87 Å². The van der Waals surface area contributed by atoms with Gasteiger partial charge in [-0.25, -0.2) is 10.4 Å². The molecule has 1 aliphatic heterocycles. The fourth-order valence-corrected chi connectivity index (χ4v) is 0.744. The molecule has 2 rings (SSSR count). The summed E-state index contributed by atoms with van der Waals surface area (Å²) >= 11 is 0. The predicted octanol–water partition coefficient (Wildman–Crippen LogP) is -1.97. The van der Waals surface area contributed by atoms with Gasteiger partial charge in [-0.15, -0.1) is 0 Å². The topological polar surface area (TPSA) is 176 Å². The Labute approximate surface area is 88.9 Å². The molecule has 86 valence electrons.